The SMILES string of the molecule is Cc1c(O)cc2c(c1C)C(=O)[C@H](C1CCCC1)C2. The van der Waals surface area contributed by atoms with Crippen molar-refractivity contribution < 1.29 is 9.90 Å². The molecule has 1 saturated carbocycles. The van der Waals surface area contributed by atoms with Gasteiger partial charge in [-0.1, -0.05) is 12.8 Å². The lowest BCUT2D eigenvalue weighted by atomic mass is 9.87. The number of hydrogen-bond donors (Lipinski definition) is 1. The highest BCUT2D eigenvalue weighted by Gasteiger charge is 2.38. The van der Waals surface area contributed by atoms with Crippen molar-refractivity contribution >= 4 is 5.78 Å². The number of fused-ring (bicyclic) bond motifs is 1. The highest BCUT2D eigenvalue weighted by atomic mass is 16.3. The Bertz CT molecular complexity index is 510. The van der Waals surface area contributed by atoms with Crippen LogP contribution in [0.25, 0.3) is 0 Å². The third-order valence-corrected chi connectivity index (χ3v) is 4.95. The van der Waals surface area contributed by atoms with Gasteiger partial charge in [0.2, 0.25) is 0 Å². The van der Waals surface area contributed by atoms with Crippen molar-refractivity contribution in [1.82, 2.24) is 0 Å². The highest BCUT2D eigenvalue weighted by Crippen LogP contribution is 2.42. The fourth-order valence-corrected chi connectivity index (χ4v) is 3.73. The minimum absolute atomic E-state index is 0.183. The number of hydrogen-bond acceptors (Lipinski definition) is 2. The van der Waals surface area contributed by atoms with Crippen molar-refractivity contribution in [2.24, 2.45) is 11.8 Å². The van der Waals surface area contributed by atoms with Crippen LogP contribution in [0, 0.1) is 25.7 Å². The summed E-state index contributed by atoms with van der Waals surface area (Å²) in [4.78, 5) is 12.6. The van der Waals surface area contributed by atoms with E-state index in [1.54, 1.807) is 0 Å². The normalized spacial score (nSPS) is 23.7. The van der Waals surface area contributed by atoms with E-state index >= 15 is 0 Å². The zero-order valence-electron chi connectivity index (χ0n) is 11.1. The smallest absolute Gasteiger partial charge is 0.167 e. The molecule has 2 nitrogen and oxygen atoms in total. The van der Waals surface area contributed by atoms with E-state index in [0.29, 0.717) is 17.5 Å². The maximum absolute atomic E-state index is 12.6. The summed E-state index contributed by atoms with van der Waals surface area (Å²) in [6.07, 6.45) is 5.79. The Kier molecular flexibility index (Phi) is 2.69. The zero-order chi connectivity index (χ0) is 12.9. The molecule has 0 saturated heterocycles. The summed E-state index contributed by atoms with van der Waals surface area (Å²) in [5.41, 5.74) is 3.81. The average molecular weight is 244 g/mol. The Hall–Kier alpha value is -1.31. The first-order valence-corrected chi connectivity index (χ1v) is 6.96. The largest absolute Gasteiger partial charge is 0.508 e. The van der Waals surface area contributed by atoms with Crippen molar-refractivity contribution in [3.8, 4) is 5.75 Å². The number of ketones is 1. The molecule has 1 aromatic carbocycles. The van der Waals surface area contributed by atoms with E-state index in [1.807, 2.05) is 19.9 Å². The van der Waals surface area contributed by atoms with Crippen LogP contribution in [0.1, 0.15) is 52.7 Å². The van der Waals surface area contributed by atoms with E-state index in [2.05, 4.69) is 0 Å². The predicted molar refractivity (Wildman–Crippen MR) is 71.1 cm³/mol. The molecule has 0 amide bonds. The van der Waals surface area contributed by atoms with Crippen LogP contribution in [0.4, 0.5) is 0 Å². The lowest BCUT2D eigenvalue weighted by Crippen LogP contribution is -2.18. The number of rotatable bonds is 1. The third-order valence-electron chi connectivity index (χ3n) is 4.95. The molecular weight excluding hydrogens is 224 g/mol. The summed E-state index contributed by atoms with van der Waals surface area (Å²) in [6, 6.07) is 1.81. The molecule has 0 radical (unpaired) electrons. The number of phenolic OH excluding ortho intramolecular Hbond substituents is 1. The maximum Gasteiger partial charge on any atom is 0.167 e. The molecule has 0 aromatic heterocycles. The lowest BCUT2D eigenvalue weighted by Gasteiger charge is -2.15. The van der Waals surface area contributed by atoms with Gasteiger partial charge in [-0.15, -0.1) is 0 Å². The van der Waals surface area contributed by atoms with Crippen molar-refractivity contribution in [3.05, 3.63) is 28.3 Å². The van der Waals surface area contributed by atoms with Crippen molar-refractivity contribution in [2.45, 2.75) is 46.0 Å². The fraction of sp³-hybridized carbons (Fsp3) is 0.562. The first-order valence-electron chi connectivity index (χ1n) is 6.96. The van der Waals surface area contributed by atoms with Crippen molar-refractivity contribution in [1.29, 1.82) is 0 Å². The molecule has 18 heavy (non-hydrogen) atoms. The quantitative estimate of drug-likeness (QED) is 0.820. The van der Waals surface area contributed by atoms with E-state index < -0.39 is 0 Å². The Morgan fingerprint density at radius 2 is 1.83 bits per heavy atom. The van der Waals surface area contributed by atoms with Crippen molar-refractivity contribution in [3.63, 3.8) is 0 Å². The lowest BCUT2D eigenvalue weighted by molar-refractivity contribution is 0.0894. The molecule has 0 aliphatic heterocycles. The van der Waals surface area contributed by atoms with E-state index in [9.17, 15) is 9.90 Å². The topological polar surface area (TPSA) is 37.3 Å². The Balaban J connectivity index is 2.01. The van der Waals surface area contributed by atoms with Crippen LogP contribution in [-0.2, 0) is 6.42 Å². The Morgan fingerprint density at radius 3 is 2.50 bits per heavy atom. The molecule has 96 valence electrons. The van der Waals surface area contributed by atoms with Gasteiger partial charge < -0.3 is 5.11 Å². The van der Waals surface area contributed by atoms with Gasteiger partial charge in [0.05, 0.1) is 0 Å². The molecule has 2 aliphatic carbocycles. The van der Waals surface area contributed by atoms with Crippen molar-refractivity contribution in [2.75, 3.05) is 0 Å². The first kappa shape index (κ1) is 11.8. The van der Waals surface area contributed by atoms with Gasteiger partial charge in [0, 0.05) is 11.5 Å². The summed E-state index contributed by atoms with van der Waals surface area (Å²) in [5.74, 6) is 1.43. The second kappa shape index (κ2) is 4.11. The summed E-state index contributed by atoms with van der Waals surface area (Å²) in [7, 11) is 0. The zero-order valence-corrected chi connectivity index (χ0v) is 11.1. The van der Waals surface area contributed by atoms with E-state index in [1.165, 1.54) is 25.7 Å². The second-order valence-electron chi connectivity index (χ2n) is 5.90. The molecular formula is C16H20O2. The standard InChI is InChI=1S/C16H20O2/c1-9-10(2)15-12(8-14(9)17)7-13(16(15)18)11-5-3-4-6-11/h8,11,13,17H,3-7H2,1-2H3/t13-/m0/s1. The van der Waals surface area contributed by atoms with E-state index in [0.717, 1.165) is 28.7 Å². The fourth-order valence-electron chi connectivity index (χ4n) is 3.73. The molecule has 2 aliphatic rings. The van der Waals surface area contributed by atoms with Crippen LogP contribution in [0.2, 0.25) is 0 Å². The molecule has 1 aromatic rings. The van der Waals surface area contributed by atoms with Gasteiger partial charge in [-0.25, -0.2) is 0 Å². The molecule has 0 spiro atoms. The van der Waals surface area contributed by atoms with E-state index in [-0.39, 0.29) is 5.92 Å². The second-order valence-corrected chi connectivity index (χ2v) is 5.90. The highest BCUT2D eigenvalue weighted by molar-refractivity contribution is 6.04. The van der Waals surface area contributed by atoms with Crippen LogP contribution in [-0.4, -0.2) is 10.9 Å². The van der Waals surface area contributed by atoms with Gasteiger partial charge in [0.25, 0.3) is 0 Å². The average Bonchev–Trinajstić information content (AvgIpc) is 2.94. The number of carbonyl (C=O) groups is 1. The van der Waals surface area contributed by atoms with Gasteiger partial charge in [0.15, 0.2) is 5.78 Å². The number of carbonyl (C=O) groups excluding carboxylic acids is 1. The molecule has 2 heteroatoms. The van der Waals surface area contributed by atoms with Gasteiger partial charge in [-0.3, -0.25) is 4.79 Å². The molecule has 1 fully saturated rings. The summed E-state index contributed by atoms with van der Waals surface area (Å²) < 4.78 is 0. The molecule has 0 unspecified atom stereocenters. The molecule has 3 rings (SSSR count). The molecule has 0 bridgehead atoms. The van der Waals surface area contributed by atoms with Gasteiger partial charge >= 0.3 is 0 Å². The number of Topliss-reactive ketones (excluding diaryl/α,β-unsaturated/α-hetero) is 1. The first-order chi connectivity index (χ1) is 8.59. The predicted octanol–water partition coefficient (Wildman–Crippen LogP) is 3.55. The minimum atomic E-state index is 0.183. The van der Waals surface area contributed by atoms with Gasteiger partial charge in [-0.05, 0) is 61.8 Å². The number of phenols is 1. The van der Waals surface area contributed by atoms with Crippen LogP contribution in [0.15, 0.2) is 6.07 Å². The van der Waals surface area contributed by atoms with E-state index in [4.69, 9.17) is 0 Å². The van der Waals surface area contributed by atoms with Gasteiger partial charge in [0.1, 0.15) is 5.75 Å². The van der Waals surface area contributed by atoms with Crippen LogP contribution in [0.5, 0.6) is 5.75 Å². The van der Waals surface area contributed by atoms with Crippen LogP contribution in [0.3, 0.4) is 0 Å². The molecule has 1 atom stereocenters. The minimum Gasteiger partial charge on any atom is -0.508 e. The summed E-state index contributed by atoms with van der Waals surface area (Å²) >= 11 is 0. The van der Waals surface area contributed by atoms with Crippen LogP contribution >= 0.6 is 0 Å². The monoisotopic (exact) mass is 244 g/mol. The summed E-state index contributed by atoms with van der Waals surface area (Å²) in [5, 5.41) is 9.89. The Morgan fingerprint density at radius 1 is 1.17 bits per heavy atom. The maximum atomic E-state index is 12.6. The number of aromatic hydroxyl groups is 1. The Labute approximate surface area is 108 Å². The third kappa shape index (κ3) is 1.58. The molecule has 0 heterocycles. The molecule has 1 N–H and O–H groups in total. The number of benzene rings is 1. The summed E-state index contributed by atoms with van der Waals surface area (Å²) in [6.45, 7) is 3.85. The van der Waals surface area contributed by atoms with Gasteiger partial charge in [-0.2, -0.15) is 0 Å². The van der Waals surface area contributed by atoms with Crippen LogP contribution < -0.4 is 0 Å².